The maximum absolute atomic E-state index is 13.0. The number of aromatic nitrogens is 2. The lowest BCUT2D eigenvalue weighted by molar-refractivity contribution is -0.133. The van der Waals surface area contributed by atoms with Gasteiger partial charge in [-0.05, 0) is 31.9 Å². The molecule has 5 N–H and O–H groups in total. The van der Waals surface area contributed by atoms with E-state index >= 15 is 0 Å². The van der Waals surface area contributed by atoms with Crippen LogP contribution in [-0.2, 0) is 27.5 Å². The smallest absolute Gasteiger partial charge is 0.274 e. The molecular formula is C25H35N7O6. The molecule has 0 radical (unpaired) electrons. The summed E-state index contributed by atoms with van der Waals surface area (Å²) in [5.41, 5.74) is 0.724. The number of aliphatic hydroxyl groups excluding tert-OH is 1. The van der Waals surface area contributed by atoms with Gasteiger partial charge in [0.25, 0.3) is 5.91 Å². The van der Waals surface area contributed by atoms with E-state index in [0.717, 1.165) is 5.69 Å². The Bertz CT molecular complexity index is 1120. The number of nitrogens with zero attached hydrogens (tertiary/aromatic N) is 3. The molecule has 13 heteroatoms. The molecule has 13 nitrogen and oxygen atoms in total. The highest BCUT2D eigenvalue weighted by molar-refractivity contribution is 5.97. The molecule has 0 fully saturated rings. The second-order valence-electron chi connectivity index (χ2n) is 9.65. The van der Waals surface area contributed by atoms with Gasteiger partial charge in [-0.1, -0.05) is 25.1 Å². The van der Waals surface area contributed by atoms with Crippen LogP contribution in [0.3, 0.4) is 0 Å². The largest absolute Gasteiger partial charge is 0.391 e. The Morgan fingerprint density at radius 2 is 1.82 bits per heavy atom. The molecule has 3 heterocycles. The third kappa shape index (κ3) is 7.83. The van der Waals surface area contributed by atoms with E-state index in [1.807, 2.05) is 23.1 Å². The van der Waals surface area contributed by atoms with E-state index in [-0.39, 0.29) is 30.6 Å². The maximum Gasteiger partial charge on any atom is 0.274 e. The Balaban J connectivity index is 1.89. The molecule has 0 aliphatic carbocycles. The Morgan fingerprint density at radius 1 is 1.05 bits per heavy atom. The molecule has 3 rings (SSSR count). The van der Waals surface area contributed by atoms with Gasteiger partial charge >= 0.3 is 0 Å². The molecular weight excluding hydrogens is 494 g/mol. The molecule has 1 aliphatic rings. The average Bonchev–Trinajstić information content (AvgIpc) is 3.33. The van der Waals surface area contributed by atoms with Gasteiger partial charge < -0.3 is 30.9 Å². The summed E-state index contributed by atoms with van der Waals surface area (Å²) in [4.78, 5) is 57.7. The van der Waals surface area contributed by atoms with E-state index in [1.54, 1.807) is 20.0 Å². The third-order valence-electron chi connectivity index (χ3n) is 6.06. The number of carbonyl (C=O) groups excluding carboxylic acids is 4. The van der Waals surface area contributed by atoms with Gasteiger partial charge in [0.1, 0.15) is 18.1 Å². The number of fused-ring (bicyclic) bond motifs is 2. The first-order valence-corrected chi connectivity index (χ1v) is 12.5. The van der Waals surface area contributed by atoms with Gasteiger partial charge in [0, 0.05) is 31.9 Å². The normalized spacial score (nSPS) is 23.5. The summed E-state index contributed by atoms with van der Waals surface area (Å²) in [5, 5.41) is 24.4. The van der Waals surface area contributed by atoms with Crippen molar-refractivity contribution >= 4 is 23.6 Å². The van der Waals surface area contributed by atoms with Gasteiger partial charge in [-0.3, -0.25) is 29.1 Å². The van der Waals surface area contributed by atoms with Crippen LogP contribution in [0.25, 0.3) is 0 Å². The van der Waals surface area contributed by atoms with Crippen molar-refractivity contribution in [1.82, 2.24) is 36.3 Å². The first-order chi connectivity index (χ1) is 18.0. The minimum Gasteiger partial charge on any atom is -0.391 e. The van der Waals surface area contributed by atoms with E-state index < -0.39 is 42.0 Å². The van der Waals surface area contributed by atoms with Crippen LogP contribution in [0.15, 0.2) is 35.0 Å². The predicted octanol–water partition coefficient (Wildman–Crippen LogP) is -0.674. The van der Waals surface area contributed by atoms with Crippen LogP contribution in [0.2, 0.25) is 0 Å². The van der Waals surface area contributed by atoms with Crippen molar-refractivity contribution in [3.05, 3.63) is 47.6 Å². The quantitative estimate of drug-likeness (QED) is 0.343. The zero-order valence-electron chi connectivity index (χ0n) is 21.9. The topological polar surface area (TPSA) is 179 Å². The summed E-state index contributed by atoms with van der Waals surface area (Å²) in [6.45, 7) is 7.76. The van der Waals surface area contributed by atoms with Crippen LogP contribution in [0.5, 0.6) is 0 Å². The summed E-state index contributed by atoms with van der Waals surface area (Å²) >= 11 is 0. The molecule has 206 valence electrons. The highest BCUT2D eigenvalue weighted by atomic mass is 16.5. The van der Waals surface area contributed by atoms with Crippen LogP contribution in [0.4, 0.5) is 0 Å². The van der Waals surface area contributed by atoms with Crippen molar-refractivity contribution in [1.29, 1.82) is 0 Å². The summed E-state index contributed by atoms with van der Waals surface area (Å²) < 4.78 is 5.36. The van der Waals surface area contributed by atoms with E-state index in [9.17, 15) is 24.3 Å². The number of hydrogen-bond acceptors (Lipinski definition) is 9. The number of carbonyl (C=O) groups is 4. The van der Waals surface area contributed by atoms with Gasteiger partial charge in [0.15, 0.2) is 11.5 Å². The van der Waals surface area contributed by atoms with Crippen molar-refractivity contribution in [2.24, 2.45) is 5.92 Å². The van der Waals surface area contributed by atoms with Crippen molar-refractivity contribution < 1.29 is 28.8 Å². The maximum atomic E-state index is 13.0. The lowest BCUT2D eigenvalue weighted by Gasteiger charge is -2.26. The molecule has 4 amide bonds. The Morgan fingerprint density at radius 3 is 2.47 bits per heavy atom. The molecule has 0 spiro atoms. The molecule has 38 heavy (non-hydrogen) atoms. The molecule has 2 bridgehead atoms. The second-order valence-corrected chi connectivity index (χ2v) is 9.65. The van der Waals surface area contributed by atoms with E-state index in [4.69, 9.17) is 4.52 Å². The fourth-order valence-corrected chi connectivity index (χ4v) is 3.90. The molecule has 0 aromatic carbocycles. The van der Waals surface area contributed by atoms with Crippen LogP contribution in [0.1, 0.15) is 49.6 Å². The zero-order valence-corrected chi connectivity index (χ0v) is 21.9. The van der Waals surface area contributed by atoms with Crippen LogP contribution in [-0.4, -0.2) is 81.1 Å². The number of pyridine rings is 1. The monoisotopic (exact) mass is 529 g/mol. The molecule has 4 atom stereocenters. The zero-order chi connectivity index (χ0) is 27.8. The molecule has 0 saturated carbocycles. The van der Waals surface area contributed by atoms with Gasteiger partial charge in [-0.15, -0.1) is 0 Å². The molecule has 0 unspecified atom stereocenters. The summed E-state index contributed by atoms with van der Waals surface area (Å²) in [6, 6.07) is 3.76. The van der Waals surface area contributed by atoms with Crippen LogP contribution >= 0.6 is 0 Å². The molecule has 1 aliphatic heterocycles. The van der Waals surface area contributed by atoms with Crippen molar-refractivity contribution in [3.8, 4) is 0 Å². The molecule has 2 aromatic rings. The third-order valence-corrected chi connectivity index (χ3v) is 6.06. The lowest BCUT2D eigenvalue weighted by Crippen LogP contribution is -2.58. The van der Waals surface area contributed by atoms with Crippen molar-refractivity contribution in [2.75, 3.05) is 13.1 Å². The highest BCUT2D eigenvalue weighted by Gasteiger charge is 2.31. The van der Waals surface area contributed by atoms with E-state index in [0.29, 0.717) is 18.8 Å². The fraction of sp³-hybridized carbons (Fsp3) is 0.520. The number of hydrogen-bond donors (Lipinski definition) is 5. The van der Waals surface area contributed by atoms with Gasteiger partial charge in [-0.25, -0.2) is 0 Å². The molecule has 2 aromatic heterocycles. The average molecular weight is 530 g/mol. The minimum atomic E-state index is -1.36. The van der Waals surface area contributed by atoms with Crippen molar-refractivity contribution in [2.45, 2.75) is 65.0 Å². The molecule has 0 saturated heterocycles. The standard InChI is InChI=1S/C25H35N7O6/c1-14(2)20-24(36)27-9-10-32(12-17-7-5-6-8-26-17)13-18-11-19(31-38-18)23(35)30-21(16(4)33)25(37)28-15(3)22(34)29-20/h5-8,11,14-16,20-21,33H,9-10,12-13H2,1-4H3,(H,27,36)(H,28,37)(H,29,34)(H,30,35)/t15-,16+,20-,21-/m0/s1. The summed E-state index contributed by atoms with van der Waals surface area (Å²) in [6.07, 6.45) is 0.413. The number of rotatable bonds is 4. The Hall–Kier alpha value is -3.84. The van der Waals surface area contributed by atoms with Crippen LogP contribution < -0.4 is 21.3 Å². The lowest BCUT2D eigenvalue weighted by atomic mass is 10.0. The fourth-order valence-electron chi connectivity index (χ4n) is 3.90. The first kappa shape index (κ1) is 28.7. The highest BCUT2D eigenvalue weighted by Crippen LogP contribution is 2.11. The number of nitrogens with one attached hydrogen (secondary N) is 4. The van der Waals surface area contributed by atoms with Gasteiger partial charge in [0.05, 0.1) is 18.3 Å². The van der Waals surface area contributed by atoms with Crippen LogP contribution in [0, 0.1) is 5.92 Å². The number of amides is 4. The minimum absolute atomic E-state index is 0.0729. The van der Waals surface area contributed by atoms with E-state index in [2.05, 4.69) is 31.4 Å². The second kappa shape index (κ2) is 13.1. The first-order valence-electron chi connectivity index (χ1n) is 12.5. The summed E-state index contributed by atoms with van der Waals surface area (Å²) in [5.74, 6) is -2.27. The Kier molecular flexibility index (Phi) is 9.91. The van der Waals surface area contributed by atoms with Crippen molar-refractivity contribution in [3.63, 3.8) is 0 Å². The van der Waals surface area contributed by atoms with Gasteiger partial charge in [-0.2, -0.15) is 0 Å². The SMILES string of the molecule is CC(C)[C@@H]1NC(=O)[C@H](C)NC(=O)[C@H]([C@@H](C)O)NC(=O)c2cc(on2)CN(Cc2ccccn2)CCNC1=O. The predicted molar refractivity (Wildman–Crippen MR) is 135 cm³/mol. The number of aliphatic hydroxyl groups is 1. The van der Waals surface area contributed by atoms with Gasteiger partial charge in [0.2, 0.25) is 17.7 Å². The van der Waals surface area contributed by atoms with E-state index in [1.165, 1.54) is 19.9 Å². The Labute approximate surface area is 220 Å². The summed E-state index contributed by atoms with van der Waals surface area (Å²) in [7, 11) is 0.